The fourth-order valence-corrected chi connectivity index (χ4v) is 2.90. The van der Waals surface area contributed by atoms with Gasteiger partial charge in [-0.2, -0.15) is 0 Å². The summed E-state index contributed by atoms with van der Waals surface area (Å²) in [6.45, 7) is 1.47. The van der Waals surface area contributed by atoms with Crippen LogP contribution in [0.25, 0.3) is 0 Å². The highest BCUT2D eigenvalue weighted by atomic mass is 15.2. The van der Waals surface area contributed by atoms with Gasteiger partial charge in [-0.05, 0) is 19.0 Å². The standard InChI is InChI=1S/C18H21N3/c1-21-15(11-12-19)13-20-18(14-7-3-2-4-8-14)16-9-5-6-10-17(16)21/h2-10,15H,11-13,19H2,1H3. The lowest BCUT2D eigenvalue weighted by Crippen LogP contribution is -2.35. The lowest BCUT2D eigenvalue weighted by Gasteiger charge is -2.28. The maximum atomic E-state index is 5.76. The Kier molecular flexibility index (Phi) is 4.02. The highest BCUT2D eigenvalue weighted by Gasteiger charge is 2.23. The van der Waals surface area contributed by atoms with E-state index >= 15 is 0 Å². The first-order valence-corrected chi connectivity index (χ1v) is 7.43. The molecule has 1 unspecified atom stereocenters. The Balaban J connectivity index is 2.10. The molecule has 3 rings (SSSR count). The molecule has 0 saturated heterocycles. The quantitative estimate of drug-likeness (QED) is 0.938. The molecule has 0 fully saturated rings. The molecule has 3 nitrogen and oxygen atoms in total. The third-order valence-corrected chi connectivity index (χ3v) is 4.09. The van der Waals surface area contributed by atoms with E-state index in [1.54, 1.807) is 0 Å². The molecule has 108 valence electrons. The van der Waals surface area contributed by atoms with Gasteiger partial charge in [-0.15, -0.1) is 0 Å². The van der Waals surface area contributed by atoms with Gasteiger partial charge >= 0.3 is 0 Å². The first-order valence-electron chi connectivity index (χ1n) is 7.43. The third-order valence-electron chi connectivity index (χ3n) is 4.09. The molecule has 0 aliphatic carbocycles. The van der Waals surface area contributed by atoms with E-state index in [1.165, 1.54) is 16.8 Å². The molecule has 0 spiro atoms. The number of benzene rings is 2. The lowest BCUT2D eigenvalue weighted by molar-refractivity contribution is 0.601. The average molecular weight is 279 g/mol. The Labute approximate surface area is 126 Å². The maximum absolute atomic E-state index is 5.76. The van der Waals surface area contributed by atoms with E-state index in [0.29, 0.717) is 12.6 Å². The van der Waals surface area contributed by atoms with Crippen molar-refractivity contribution in [1.82, 2.24) is 0 Å². The molecule has 0 radical (unpaired) electrons. The number of nitrogens with zero attached hydrogens (tertiary/aromatic N) is 2. The number of rotatable bonds is 3. The van der Waals surface area contributed by atoms with E-state index < -0.39 is 0 Å². The van der Waals surface area contributed by atoms with Crippen LogP contribution in [0.1, 0.15) is 17.5 Å². The van der Waals surface area contributed by atoms with Crippen molar-refractivity contribution in [2.45, 2.75) is 12.5 Å². The second-order valence-corrected chi connectivity index (χ2v) is 5.41. The van der Waals surface area contributed by atoms with Gasteiger partial charge in [-0.25, -0.2) is 0 Å². The first-order chi connectivity index (χ1) is 10.3. The molecular formula is C18H21N3. The van der Waals surface area contributed by atoms with Gasteiger partial charge in [0.05, 0.1) is 12.3 Å². The molecule has 2 aromatic carbocycles. The summed E-state index contributed by atoms with van der Waals surface area (Å²) in [6.07, 6.45) is 0.955. The normalized spacial score (nSPS) is 17.9. The van der Waals surface area contributed by atoms with Gasteiger partial charge in [-0.1, -0.05) is 48.5 Å². The summed E-state index contributed by atoms with van der Waals surface area (Å²) >= 11 is 0. The fraction of sp³-hybridized carbons (Fsp3) is 0.278. The van der Waals surface area contributed by atoms with Crippen molar-refractivity contribution in [3.05, 3.63) is 65.7 Å². The summed E-state index contributed by atoms with van der Waals surface area (Å²) in [6, 6.07) is 19.3. The highest BCUT2D eigenvalue weighted by molar-refractivity contribution is 6.16. The molecule has 0 amide bonds. The number of fused-ring (bicyclic) bond motifs is 1. The number of anilines is 1. The maximum Gasteiger partial charge on any atom is 0.0740 e. The fourth-order valence-electron chi connectivity index (χ4n) is 2.90. The van der Waals surface area contributed by atoms with Crippen LogP contribution in [0.3, 0.4) is 0 Å². The molecule has 21 heavy (non-hydrogen) atoms. The zero-order valence-electron chi connectivity index (χ0n) is 12.4. The summed E-state index contributed by atoms with van der Waals surface area (Å²) in [5.74, 6) is 0. The van der Waals surface area contributed by atoms with Gasteiger partial charge in [0.1, 0.15) is 0 Å². The molecule has 1 aliphatic rings. The topological polar surface area (TPSA) is 41.6 Å². The van der Waals surface area contributed by atoms with E-state index in [2.05, 4.69) is 60.5 Å². The number of aliphatic imine (C=N–C) groups is 1. The SMILES string of the molecule is CN1c2ccccc2C(c2ccccc2)=NCC1CCN. The Morgan fingerprint density at radius 3 is 2.57 bits per heavy atom. The molecule has 3 heteroatoms. The molecule has 0 aromatic heterocycles. The minimum absolute atomic E-state index is 0.359. The van der Waals surface area contributed by atoms with Gasteiger partial charge < -0.3 is 10.6 Å². The van der Waals surface area contributed by atoms with E-state index in [9.17, 15) is 0 Å². The first kappa shape index (κ1) is 13.8. The monoisotopic (exact) mass is 279 g/mol. The van der Waals surface area contributed by atoms with Gasteiger partial charge in [0.15, 0.2) is 0 Å². The molecule has 0 bridgehead atoms. The molecule has 1 atom stereocenters. The smallest absolute Gasteiger partial charge is 0.0740 e. The number of benzodiazepines with no additional fused rings is 1. The van der Waals surface area contributed by atoms with Crippen LogP contribution in [0, 0.1) is 0 Å². The van der Waals surface area contributed by atoms with Crippen LogP contribution in [-0.4, -0.2) is 31.9 Å². The zero-order valence-corrected chi connectivity index (χ0v) is 12.4. The Morgan fingerprint density at radius 2 is 1.81 bits per heavy atom. The van der Waals surface area contributed by atoms with Crippen LogP contribution in [0.4, 0.5) is 5.69 Å². The summed E-state index contributed by atoms with van der Waals surface area (Å²) in [4.78, 5) is 7.23. The van der Waals surface area contributed by atoms with Crippen LogP contribution in [0.2, 0.25) is 0 Å². The number of para-hydroxylation sites is 1. The molecule has 1 aliphatic heterocycles. The van der Waals surface area contributed by atoms with Crippen molar-refractivity contribution < 1.29 is 0 Å². The number of hydrogen-bond acceptors (Lipinski definition) is 3. The zero-order chi connectivity index (χ0) is 14.7. The van der Waals surface area contributed by atoms with E-state index in [1.807, 2.05) is 6.07 Å². The Hall–Kier alpha value is -2.13. The molecule has 1 heterocycles. The van der Waals surface area contributed by atoms with Gasteiger partial charge in [0, 0.05) is 29.9 Å². The van der Waals surface area contributed by atoms with E-state index in [4.69, 9.17) is 10.7 Å². The Morgan fingerprint density at radius 1 is 1.10 bits per heavy atom. The van der Waals surface area contributed by atoms with Crippen molar-refractivity contribution in [3.63, 3.8) is 0 Å². The average Bonchev–Trinajstić information content (AvgIpc) is 2.67. The highest BCUT2D eigenvalue weighted by Crippen LogP contribution is 2.28. The Bertz CT molecular complexity index is 634. The number of hydrogen-bond donors (Lipinski definition) is 1. The second-order valence-electron chi connectivity index (χ2n) is 5.41. The van der Waals surface area contributed by atoms with Crippen LogP contribution >= 0.6 is 0 Å². The van der Waals surface area contributed by atoms with Crippen molar-refractivity contribution in [2.75, 3.05) is 25.0 Å². The van der Waals surface area contributed by atoms with Crippen molar-refractivity contribution in [3.8, 4) is 0 Å². The van der Waals surface area contributed by atoms with Gasteiger partial charge in [0.25, 0.3) is 0 Å². The van der Waals surface area contributed by atoms with Crippen molar-refractivity contribution in [1.29, 1.82) is 0 Å². The number of likely N-dealkylation sites (N-methyl/N-ethyl adjacent to an activating group) is 1. The van der Waals surface area contributed by atoms with Crippen molar-refractivity contribution in [2.24, 2.45) is 10.7 Å². The molecular weight excluding hydrogens is 258 g/mol. The van der Waals surface area contributed by atoms with Gasteiger partial charge in [-0.3, -0.25) is 4.99 Å². The number of nitrogens with two attached hydrogens (primary N) is 1. The predicted molar refractivity (Wildman–Crippen MR) is 89.3 cm³/mol. The van der Waals surface area contributed by atoms with Crippen LogP contribution < -0.4 is 10.6 Å². The third kappa shape index (κ3) is 2.69. The minimum atomic E-state index is 0.359. The van der Waals surface area contributed by atoms with Crippen LogP contribution in [-0.2, 0) is 0 Å². The largest absolute Gasteiger partial charge is 0.369 e. The van der Waals surface area contributed by atoms with Crippen LogP contribution in [0.5, 0.6) is 0 Å². The summed E-state index contributed by atoms with van der Waals surface area (Å²) < 4.78 is 0. The minimum Gasteiger partial charge on any atom is -0.369 e. The summed E-state index contributed by atoms with van der Waals surface area (Å²) in [7, 11) is 2.14. The van der Waals surface area contributed by atoms with E-state index in [0.717, 1.165) is 18.7 Å². The van der Waals surface area contributed by atoms with E-state index in [-0.39, 0.29) is 0 Å². The predicted octanol–water partition coefficient (Wildman–Crippen LogP) is 2.69. The molecule has 0 saturated carbocycles. The molecule has 2 N–H and O–H groups in total. The van der Waals surface area contributed by atoms with Gasteiger partial charge in [0.2, 0.25) is 0 Å². The van der Waals surface area contributed by atoms with Crippen molar-refractivity contribution >= 4 is 11.4 Å². The lowest BCUT2D eigenvalue weighted by atomic mass is 10.0. The van der Waals surface area contributed by atoms with Crippen LogP contribution in [0.15, 0.2) is 59.6 Å². The molecule has 2 aromatic rings. The second kappa shape index (κ2) is 6.10. The summed E-state index contributed by atoms with van der Waals surface area (Å²) in [5.41, 5.74) is 10.4. The summed E-state index contributed by atoms with van der Waals surface area (Å²) in [5, 5.41) is 0.